The summed E-state index contributed by atoms with van der Waals surface area (Å²) in [6, 6.07) is 5.66. The van der Waals surface area contributed by atoms with Gasteiger partial charge in [0.05, 0.1) is 0 Å². The lowest BCUT2D eigenvalue weighted by Gasteiger charge is -2.16. The lowest BCUT2D eigenvalue weighted by Crippen LogP contribution is -2.31. The number of nitrogens with zero attached hydrogens (tertiary/aromatic N) is 2. The minimum atomic E-state index is -0.186. The van der Waals surface area contributed by atoms with Crippen molar-refractivity contribution in [3.8, 4) is 11.1 Å². The first-order chi connectivity index (χ1) is 13.1. The molecule has 1 amide bonds. The van der Waals surface area contributed by atoms with Crippen molar-refractivity contribution < 1.29 is 4.79 Å². The summed E-state index contributed by atoms with van der Waals surface area (Å²) in [5.41, 5.74) is 7.52. The number of amides is 1. The number of carbonyl (C=O) groups excluding carboxylic acids is 1. The number of anilines is 2. The molecule has 1 saturated heterocycles. The summed E-state index contributed by atoms with van der Waals surface area (Å²) in [6.07, 6.45) is 7.33. The Morgan fingerprint density at radius 3 is 3.07 bits per heavy atom. The zero-order valence-electron chi connectivity index (χ0n) is 15.2. The smallest absolute Gasteiger partial charge is 0.271 e. The van der Waals surface area contributed by atoms with Crippen LogP contribution in [-0.4, -0.2) is 53.5 Å². The molecule has 8 nitrogen and oxygen atoms in total. The van der Waals surface area contributed by atoms with E-state index in [4.69, 9.17) is 5.73 Å². The van der Waals surface area contributed by atoms with Crippen LogP contribution in [0.4, 0.5) is 11.5 Å². The number of carbonyl (C=O) groups is 1. The molecule has 1 fully saturated rings. The minimum absolute atomic E-state index is 0.0295. The SMILES string of the molecule is CNc1cc(-c2c[nH]c(=O)c(N[C@@H]3CCN(C(=O)/C=C/CN)C3)c2)ccn1. The molecule has 8 heteroatoms. The van der Waals surface area contributed by atoms with Gasteiger partial charge in [0, 0.05) is 56.8 Å². The Morgan fingerprint density at radius 2 is 2.30 bits per heavy atom. The summed E-state index contributed by atoms with van der Waals surface area (Å²) < 4.78 is 0. The van der Waals surface area contributed by atoms with Crippen molar-refractivity contribution >= 4 is 17.4 Å². The third kappa shape index (κ3) is 4.53. The van der Waals surface area contributed by atoms with Gasteiger partial charge in [0.1, 0.15) is 11.5 Å². The van der Waals surface area contributed by atoms with E-state index in [2.05, 4.69) is 20.6 Å². The molecule has 0 aromatic carbocycles. The van der Waals surface area contributed by atoms with E-state index in [0.717, 1.165) is 23.4 Å². The average molecular weight is 368 g/mol. The number of aromatic nitrogens is 2. The van der Waals surface area contributed by atoms with Crippen LogP contribution >= 0.6 is 0 Å². The number of hydrogen-bond acceptors (Lipinski definition) is 6. The molecule has 5 N–H and O–H groups in total. The molecule has 3 rings (SSSR count). The second-order valence-corrected chi connectivity index (χ2v) is 6.36. The molecule has 0 aliphatic carbocycles. The van der Waals surface area contributed by atoms with Crippen LogP contribution in [0.15, 0.2) is 47.5 Å². The van der Waals surface area contributed by atoms with Gasteiger partial charge in [-0.2, -0.15) is 0 Å². The molecule has 0 saturated carbocycles. The second-order valence-electron chi connectivity index (χ2n) is 6.36. The number of nitrogens with two attached hydrogens (primary N) is 1. The summed E-state index contributed by atoms with van der Waals surface area (Å²) in [4.78, 5) is 33.0. The van der Waals surface area contributed by atoms with Crippen LogP contribution in [0.5, 0.6) is 0 Å². The Hall–Kier alpha value is -3.13. The number of H-pyrrole nitrogens is 1. The highest BCUT2D eigenvalue weighted by atomic mass is 16.2. The highest BCUT2D eigenvalue weighted by Crippen LogP contribution is 2.22. The van der Waals surface area contributed by atoms with E-state index in [1.54, 1.807) is 23.4 Å². The van der Waals surface area contributed by atoms with Gasteiger partial charge >= 0.3 is 0 Å². The fourth-order valence-electron chi connectivity index (χ4n) is 3.08. The van der Waals surface area contributed by atoms with E-state index >= 15 is 0 Å². The number of pyridine rings is 2. The highest BCUT2D eigenvalue weighted by molar-refractivity contribution is 5.87. The number of rotatable bonds is 6. The first-order valence-electron chi connectivity index (χ1n) is 8.89. The molecule has 0 spiro atoms. The molecule has 2 aromatic heterocycles. The van der Waals surface area contributed by atoms with Crippen LogP contribution in [0.1, 0.15) is 6.42 Å². The van der Waals surface area contributed by atoms with Gasteiger partial charge in [0.25, 0.3) is 5.56 Å². The van der Waals surface area contributed by atoms with Gasteiger partial charge in [-0.15, -0.1) is 0 Å². The molecule has 27 heavy (non-hydrogen) atoms. The molecule has 2 aromatic rings. The number of hydrogen-bond donors (Lipinski definition) is 4. The molecular formula is C19H24N6O2. The van der Waals surface area contributed by atoms with Crippen LogP contribution in [0.3, 0.4) is 0 Å². The van der Waals surface area contributed by atoms with Gasteiger partial charge in [-0.05, 0) is 30.2 Å². The Morgan fingerprint density at radius 1 is 1.44 bits per heavy atom. The zero-order chi connectivity index (χ0) is 19.2. The van der Waals surface area contributed by atoms with Gasteiger partial charge in [-0.3, -0.25) is 9.59 Å². The zero-order valence-corrected chi connectivity index (χ0v) is 15.2. The Bertz CT molecular complexity index is 892. The second kappa shape index (κ2) is 8.50. The molecule has 1 aliphatic rings. The maximum Gasteiger partial charge on any atom is 0.271 e. The normalized spacial score (nSPS) is 16.7. The van der Waals surface area contributed by atoms with E-state index in [0.29, 0.717) is 25.3 Å². The van der Waals surface area contributed by atoms with Crippen molar-refractivity contribution in [2.45, 2.75) is 12.5 Å². The highest BCUT2D eigenvalue weighted by Gasteiger charge is 2.25. The molecule has 0 unspecified atom stereocenters. The standard InChI is InChI=1S/C19H24N6O2/c1-21-17-10-13(4-7-22-17)14-9-16(19(27)23-11-14)24-15-5-8-25(12-15)18(26)3-2-6-20/h2-4,7,9-11,15,24H,5-6,8,12,20H2,1H3,(H,21,22)(H,23,27)/b3-2+/t15-/m1/s1. The molecule has 0 radical (unpaired) electrons. The van der Waals surface area contributed by atoms with Crippen LogP contribution < -0.4 is 21.9 Å². The van der Waals surface area contributed by atoms with Crippen molar-refractivity contribution in [3.05, 3.63) is 53.1 Å². The van der Waals surface area contributed by atoms with E-state index in [-0.39, 0.29) is 17.5 Å². The largest absolute Gasteiger partial charge is 0.376 e. The van der Waals surface area contributed by atoms with Crippen LogP contribution in [-0.2, 0) is 4.79 Å². The first-order valence-corrected chi connectivity index (χ1v) is 8.89. The van der Waals surface area contributed by atoms with E-state index in [1.807, 2.05) is 25.2 Å². The van der Waals surface area contributed by atoms with Crippen LogP contribution in [0.25, 0.3) is 11.1 Å². The van der Waals surface area contributed by atoms with Gasteiger partial charge in [0.2, 0.25) is 5.91 Å². The summed E-state index contributed by atoms with van der Waals surface area (Å²) >= 11 is 0. The maximum absolute atomic E-state index is 12.2. The van der Waals surface area contributed by atoms with E-state index in [1.165, 1.54) is 6.08 Å². The summed E-state index contributed by atoms with van der Waals surface area (Å²) in [5, 5.41) is 6.27. The molecular weight excluding hydrogens is 344 g/mol. The topological polar surface area (TPSA) is 116 Å². The van der Waals surface area contributed by atoms with Crippen molar-refractivity contribution in [1.29, 1.82) is 0 Å². The van der Waals surface area contributed by atoms with Crippen molar-refractivity contribution in [3.63, 3.8) is 0 Å². The fraction of sp³-hybridized carbons (Fsp3) is 0.316. The van der Waals surface area contributed by atoms with Gasteiger partial charge < -0.3 is 26.3 Å². The molecule has 1 atom stereocenters. The van der Waals surface area contributed by atoms with Gasteiger partial charge in [-0.1, -0.05) is 6.08 Å². The Balaban J connectivity index is 1.73. The summed E-state index contributed by atoms with van der Waals surface area (Å²) in [6.45, 7) is 1.54. The van der Waals surface area contributed by atoms with E-state index in [9.17, 15) is 9.59 Å². The van der Waals surface area contributed by atoms with Crippen molar-refractivity contribution in [2.24, 2.45) is 5.73 Å². The monoisotopic (exact) mass is 368 g/mol. The van der Waals surface area contributed by atoms with Crippen LogP contribution in [0.2, 0.25) is 0 Å². The van der Waals surface area contributed by atoms with Crippen molar-refractivity contribution in [2.75, 3.05) is 37.3 Å². The van der Waals surface area contributed by atoms with Crippen molar-refractivity contribution in [1.82, 2.24) is 14.9 Å². The number of aromatic amines is 1. The fourth-order valence-corrected chi connectivity index (χ4v) is 3.08. The van der Waals surface area contributed by atoms with E-state index < -0.39 is 0 Å². The summed E-state index contributed by atoms with van der Waals surface area (Å²) in [7, 11) is 1.81. The molecule has 0 bridgehead atoms. The van der Waals surface area contributed by atoms with Gasteiger partial charge in [0.15, 0.2) is 0 Å². The minimum Gasteiger partial charge on any atom is -0.376 e. The number of likely N-dealkylation sites (tertiary alicyclic amines) is 1. The van der Waals surface area contributed by atoms with Crippen LogP contribution in [0, 0.1) is 0 Å². The quantitative estimate of drug-likeness (QED) is 0.566. The summed E-state index contributed by atoms with van der Waals surface area (Å²) in [5.74, 6) is 0.701. The predicted octanol–water partition coefficient (Wildman–Crippen LogP) is 1.01. The predicted molar refractivity (Wildman–Crippen MR) is 107 cm³/mol. The molecule has 142 valence electrons. The Kier molecular flexibility index (Phi) is 5.87. The third-order valence-corrected chi connectivity index (χ3v) is 4.51. The first kappa shape index (κ1) is 18.7. The molecule has 1 aliphatic heterocycles. The Labute approximate surface area is 157 Å². The average Bonchev–Trinajstić information content (AvgIpc) is 3.16. The third-order valence-electron chi connectivity index (χ3n) is 4.51. The van der Waals surface area contributed by atoms with Gasteiger partial charge in [-0.25, -0.2) is 4.98 Å². The number of nitrogens with one attached hydrogen (secondary N) is 3. The lowest BCUT2D eigenvalue weighted by atomic mass is 10.1. The maximum atomic E-state index is 12.2. The lowest BCUT2D eigenvalue weighted by molar-refractivity contribution is -0.125. The molecule has 3 heterocycles.